The maximum Gasteiger partial charge on any atom is 0.0441 e. The zero-order valence-corrected chi connectivity index (χ0v) is 9.44. The van der Waals surface area contributed by atoms with Crippen LogP contribution in [0.4, 0.5) is 5.69 Å². The van der Waals surface area contributed by atoms with Crippen molar-refractivity contribution < 1.29 is 0 Å². The highest BCUT2D eigenvalue weighted by Crippen LogP contribution is 2.28. The molecule has 0 spiro atoms. The average Bonchev–Trinajstić information content (AvgIpc) is 2.00. The molecule has 1 aromatic rings. The smallest absolute Gasteiger partial charge is 0.0441 e. The van der Waals surface area contributed by atoms with Crippen LogP contribution >= 0.6 is 23.2 Å². The second-order valence-corrected chi connectivity index (χ2v) is 4.39. The summed E-state index contributed by atoms with van der Waals surface area (Å²) in [5.41, 5.74) is 1.11. The highest BCUT2D eigenvalue weighted by Gasteiger charge is 2.25. The lowest BCUT2D eigenvalue weighted by molar-refractivity contribution is 0.450. The van der Waals surface area contributed by atoms with E-state index < -0.39 is 0 Å². The second kappa shape index (κ2) is 3.97. The Kier molecular flexibility index (Phi) is 2.86. The monoisotopic (exact) mass is 230 g/mol. The first-order valence-electron chi connectivity index (χ1n) is 4.57. The fraction of sp³-hybridized carbons (Fsp3) is 0.400. The van der Waals surface area contributed by atoms with E-state index in [1.807, 2.05) is 19.2 Å². The molecule has 0 radical (unpaired) electrons. The van der Waals surface area contributed by atoms with Crippen molar-refractivity contribution in [3.8, 4) is 0 Å². The van der Waals surface area contributed by atoms with Gasteiger partial charge < -0.3 is 10.2 Å². The van der Waals surface area contributed by atoms with Gasteiger partial charge in [0.15, 0.2) is 0 Å². The third-order valence-electron chi connectivity index (χ3n) is 2.50. The Morgan fingerprint density at radius 3 is 2.29 bits per heavy atom. The molecular formula is C10H12Cl2N2. The standard InChI is InChI=1S/C10H12Cl2N2/c1-13-9-5-14(6-9)10-3-7(11)2-8(12)4-10/h2-4,9,13H,5-6H2,1H3. The lowest BCUT2D eigenvalue weighted by Gasteiger charge is -2.41. The van der Waals surface area contributed by atoms with Gasteiger partial charge in [0.1, 0.15) is 0 Å². The van der Waals surface area contributed by atoms with Crippen molar-refractivity contribution in [3.63, 3.8) is 0 Å². The Hall–Kier alpha value is -0.440. The Morgan fingerprint density at radius 2 is 1.79 bits per heavy atom. The van der Waals surface area contributed by atoms with E-state index in [2.05, 4.69) is 10.2 Å². The summed E-state index contributed by atoms with van der Waals surface area (Å²) in [6.45, 7) is 2.04. The van der Waals surface area contributed by atoms with Gasteiger partial charge in [0.2, 0.25) is 0 Å². The minimum Gasteiger partial charge on any atom is -0.368 e. The van der Waals surface area contributed by atoms with Crippen LogP contribution in [0.5, 0.6) is 0 Å². The average molecular weight is 231 g/mol. The minimum atomic E-state index is 0.591. The van der Waals surface area contributed by atoms with Gasteiger partial charge in [0.05, 0.1) is 0 Å². The van der Waals surface area contributed by atoms with Crippen molar-refractivity contribution in [2.24, 2.45) is 0 Å². The normalized spacial score (nSPS) is 16.9. The Balaban J connectivity index is 2.10. The highest BCUT2D eigenvalue weighted by molar-refractivity contribution is 6.35. The van der Waals surface area contributed by atoms with Crippen LogP contribution in [-0.4, -0.2) is 26.2 Å². The number of hydrogen-bond donors (Lipinski definition) is 1. The third kappa shape index (κ3) is 1.97. The molecule has 14 heavy (non-hydrogen) atoms. The first-order chi connectivity index (χ1) is 6.69. The summed E-state index contributed by atoms with van der Waals surface area (Å²) >= 11 is 11.8. The van der Waals surface area contributed by atoms with Crippen molar-refractivity contribution in [2.45, 2.75) is 6.04 Å². The number of nitrogens with zero attached hydrogens (tertiary/aromatic N) is 1. The van der Waals surface area contributed by atoms with Crippen molar-refractivity contribution in [1.82, 2.24) is 5.32 Å². The highest BCUT2D eigenvalue weighted by atomic mass is 35.5. The lowest BCUT2D eigenvalue weighted by atomic mass is 10.1. The fourth-order valence-electron chi connectivity index (χ4n) is 1.59. The molecule has 0 amide bonds. The van der Waals surface area contributed by atoms with Crippen molar-refractivity contribution >= 4 is 28.9 Å². The van der Waals surface area contributed by atoms with Gasteiger partial charge in [0, 0.05) is 34.9 Å². The van der Waals surface area contributed by atoms with E-state index in [0.717, 1.165) is 18.8 Å². The SMILES string of the molecule is CNC1CN(c2cc(Cl)cc(Cl)c2)C1. The van der Waals surface area contributed by atoms with E-state index in [-0.39, 0.29) is 0 Å². The molecule has 0 atom stereocenters. The fourth-order valence-corrected chi connectivity index (χ4v) is 2.11. The molecule has 2 nitrogen and oxygen atoms in total. The van der Waals surface area contributed by atoms with Gasteiger partial charge in [0.25, 0.3) is 0 Å². The van der Waals surface area contributed by atoms with Gasteiger partial charge in [-0.1, -0.05) is 23.2 Å². The van der Waals surface area contributed by atoms with Gasteiger partial charge in [-0.3, -0.25) is 0 Å². The number of hydrogen-bond acceptors (Lipinski definition) is 2. The third-order valence-corrected chi connectivity index (χ3v) is 2.94. The first-order valence-corrected chi connectivity index (χ1v) is 5.33. The largest absolute Gasteiger partial charge is 0.368 e. The lowest BCUT2D eigenvalue weighted by Crippen LogP contribution is -2.57. The molecule has 0 aliphatic carbocycles. The minimum absolute atomic E-state index is 0.591. The van der Waals surface area contributed by atoms with E-state index in [1.54, 1.807) is 6.07 Å². The number of rotatable bonds is 2. The molecule has 1 heterocycles. The molecule has 1 aliphatic heterocycles. The summed E-state index contributed by atoms with van der Waals surface area (Å²) in [6.07, 6.45) is 0. The predicted molar refractivity (Wildman–Crippen MR) is 61.5 cm³/mol. The molecule has 0 aromatic heterocycles. The van der Waals surface area contributed by atoms with E-state index in [4.69, 9.17) is 23.2 Å². The molecule has 76 valence electrons. The zero-order valence-electron chi connectivity index (χ0n) is 7.93. The predicted octanol–water partition coefficient (Wildman–Crippen LogP) is 2.40. The van der Waals surface area contributed by atoms with Crippen LogP contribution in [-0.2, 0) is 0 Å². The van der Waals surface area contributed by atoms with Crippen LogP contribution in [0, 0.1) is 0 Å². The zero-order chi connectivity index (χ0) is 10.1. The Labute approximate surface area is 93.8 Å². The molecule has 1 fully saturated rings. The van der Waals surface area contributed by atoms with E-state index >= 15 is 0 Å². The molecule has 0 unspecified atom stereocenters. The molecule has 4 heteroatoms. The maximum atomic E-state index is 5.92. The summed E-state index contributed by atoms with van der Waals surface area (Å²) in [5, 5.41) is 4.61. The maximum absolute atomic E-state index is 5.92. The van der Waals surface area contributed by atoms with Crippen molar-refractivity contribution in [2.75, 3.05) is 25.0 Å². The second-order valence-electron chi connectivity index (χ2n) is 3.52. The molecular weight excluding hydrogens is 219 g/mol. The van der Waals surface area contributed by atoms with E-state index in [9.17, 15) is 0 Å². The molecule has 2 rings (SSSR count). The van der Waals surface area contributed by atoms with Gasteiger partial charge in [-0.15, -0.1) is 0 Å². The Bertz CT molecular complexity index is 315. The number of likely N-dealkylation sites (N-methyl/N-ethyl adjacent to an activating group) is 1. The summed E-state index contributed by atoms with van der Waals surface area (Å²) in [5.74, 6) is 0. The number of benzene rings is 1. The first kappa shape index (κ1) is 10.1. The number of nitrogens with one attached hydrogen (secondary N) is 1. The molecule has 0 saturated carbocycles. The van der Waals surface area contributed by atoms with Crippen LogP contribution in [0.25, 0.3) is 0 Å². The topological polar surface area (TPSA) is 15.3 Å². The van der Waals surface area contributed by atoms with Crippen molar-refractivity contribution in [1.29, 1.82) is 0 Å². The summed E-state index contributed by atoms with van der Waals surface area (Å²) in [4.78, 5) is 2.25. The van der Waals surface area contributed by atoms with Crippen LogP contribution in [0.2, 0.25) is 10.0 Å². The number of anilines is 1. The van der Waals surface area contributed by atoms with Crippen LogP contribution in [0.1, 0.15) is 0 Å². The van der Waals surface area contributed by atoms with Crippen LogP contribution in [0.3, 0.4) is 0 Å². The van der Waals surface area contributed by atoms with E-state index in [1.165, 1.54) is 0 Å². The van der Waals surface area contributed by atoms with Gasteiger partial charge in [-0.2, -0.15) is 0 Å². The van der Waals surface area contributed by atoms with Crippen LogP contribution in [0.15, 0.2) is 18.2 Å². The van der Waals surface area contributed by atoms with Gasteiger partial charge >= 0.3 is 0 Å². The van der Waals surface area contributed by atoms with Crippen LogP contribution < -0.4 is 10.2 Å². The molecule has 1 aliphatic rings. The quantitative estimate of drug-likeness (QED) is 0.840. The summed E-state index contributed by atoms with van der Waals surface area (Å²) < 4.78 is 0. The molecule has 0 bridgehead atoms. The summed E-state index contributed by atoms with van der Waals surface area (Å²) in [7, 11) is 1.98. The van der Waals surface area contributed by atoms with Crippen molar-refractivity contribution in [3.05, 3.63) is 28.2 Å². The van der Waals surface area contributed by atoms with Gasteiger partial charge in [-0.05, 0) is 25.2 Å². The van der Waals surface area contributed by atoms with E-state index in [0.29, 0.717) is 16.1 Å². The molecule has 1 aromatic carbocycles. The summed E-state index contributed by atoms with van der Waals surface area (Å²) in [6, 6.07) is 6.23. The number of halogens is 2. The van der Waals surface area contributed by atoms with Gasteiger partial charge in [-0.25, -0.2) is 0 Å². The molecule has 1 N–H and O–H groups in total. The molecule has 1 saturated heterocycles. The Morgan fingerprint density at radius 1 is 1.21 bits per heavy atom.